The maximum atomic E-state index is 12.4. The van der Waals surface area contributed by atoms with Crippen molar-refractivity contribution in [2.24, 2.45) is 5.92 Å². The van der Waals surface area contributed by atoms with E-state index in [1.54, 1.807) is 0 Å². The molecule has 2 aromatic rings. The number of amides is 1. The van der Waals surface area contributed by atoms with Gasteiger partial charge in [0.1, 0.15) is 5.76 Å². The lowest BCUT2D eigenvalue weighted by Crippen LogP contribution is -2.41. The van der Waals surface area contributed by atoms with Crippen LogP contribution < -0.4 is 10.2 Å². The fraction of sp³-hybridized carbons (Fsp3) is 0.474. The number of benzene rings is 1. The number of nitrogens with zero attached hydrogens (tertiary/aromatic N) is 2. The van der Waals surface area contributed by atoms with E-state index in [0.29, 0.717) is 19.6 Å². The van der Waals surface area contributed by atoms with Gasteiger partial charge in [0.15, 0.2) is 0 Å². The largest absolute Gasteiger partial charge is 0.379 e. The van der Waals surface area contributed by atoms with Crippen LogP contribution in [0.15, 0.2) is 34.9 Å². The first-order valence-electron chi connectivity index (χ1n) is 8.57. The van der Waals surface area contributed by atoms with E-state index in [9.17, 15) is 4.79 Å². The quantitative estimate of drug-likeness (QED) is 0.868. The lowest BCUT2D eigenvalue weighted by molar-refractivity contribution is -0.121. The average molecular weight is 343 g/mol. The molecule has 1 amide bonds. The average Bonchev–Trinajstić information content (AvgIpc) is 3.17. The van der Waals surface area contributed by atoms with Gasteiger partial charge in [-0.2, -0.15) is 0 Å². The van der Waals surface area contributed by atoms with Gasteiger partial charge in [0.25, 0.3) is 0 Å². The Morgan fingerprint density at radius 2 is 2.04 bits per heavy atom. The van der Waals surface area contributed by atoms with Crippen LogP contribution in [0.2, 0.25) is 0 Å². The second-order valence-corrected chi connectivity index (χ2v) is 6.85. The molecule has 0 saturated carbocycles. The maximum absolute atomic E-state index is 12.4. The Balaban J connectivity index is 1.54. The second kappa shape index (κ2) is 7.70. The van der Waals surface area contributed by atoms with Crippen molar-refractivity contribution >= 4 is 11.6 Å². The third-order valence-electron chi connectivity index (χ3n) is 4.50. The van der Waals surface area contributed by atoms with Gasteiger partial charge in [-0.15, -0.1) is 0 Å². The van der Waals surface area contributed by atoms with Gasteiger partial charge in [-0.05, 0) is 24.6 Å². The van der Waals surface area contributed by atoms with Crippen LogP contribution in [0.3, 0.4) is 0 Å². The lowest BCUT2D eigenvalue weighted by atomic mass is 9.98. The summed E-state index contributed by atoms with van der Waals surface area (Å²) in [5, 5.41) is 7.02. The zero-order valence-electron chi connectivity index (χ0n) is 15.0. The van der Waals surface area contributed by atoms with E-state index in [0.717, 1.165) is 29.1 Å². The van der Waals surface area contributed by atoms with Gasteiger partial charge in [-0.1, -0.05) is 17.3 Å². The first-order valence-corrected chi connectivity index (χ1v) is 8.57. The topological polar surface area (TPSA) is 67.6 Å². The summed E-state index contributed by atoms with van der Waals surface area (Å²) in [6.45, 7) is 3.07. The zero-order chi connectivity index (χ0) is 17.8. The summed E-state index contributed by atoms with van der Waals surface area (Å²) >= 11 is 0. The number of anilines is 1. The predicted molar refractivity (Wildman–Crippen MR) is 95.7 cm³/mol. The van der Waals surface area contributed by atoms with Crippen molar-refractivity contribution in [1.82, 2.24) is 10.5 Å². The molecule has 134 valence electrons. The van der Waals surface area contributed by atoms with E-state index >= 15 is 0 Å². The Kier molecular flexibility index (Phi) is 5.38. The summed E-state index contributed by atoms with van der Waals surface area (Å²) in [6, 6.07) is 9.99. The Labute approximate surface area is 148 Å². The predicted octanol–water partition coefficient (Wildman–Crippen LogP) is 1.97. The van der Waals surface area contributed by atoms with Crippen LogP contribution >= 0.6 is 0 Å². The van der Waals surface area contributed by atoms with Crippen molar-refractivity contribution in [3.05, 3.63) is 47.3 Å². The van der Waals surface area contributed by atoms with E-state index in [4.69, 9.17) is 9.26 Å². The van der Waals surface area contributed by atoms with Gasteiger partial charge in [-0.25, -0.2) is 0 Å². The van der Waals surface area contributed by atoms with E-state index in [1.165, 1.54) is 0 Å². The molecule has 0 radical (unpaired) electrons. The summed E-state index contributed by atoms with van der Waals surface area (Å²) in [5.41, 5.74) is 3.00. The molecule has 1 aliphatic rings. The van der Waals surface area contributed by atoms with Crippen LogP contribution in [0.4, 0.5) is 5.69 Å². The van der Waals surface area contributed by atoms with Crippen LogP contribution in [-0.4, -0.2) is 44.4 Å². The van der Waals surface area contributed by atoms with Gasteiger partial charge >= 0.3 is 0 Å². The fourth-order valence-electron chi connectivity index (χ4n) is 3.09. The summed E-state index contributed by atoms with van der Waals surface area (Å²) < 4.78 is 10.8. The van der Waals surface area contributed by atoms with Crippen molar-refractivity contribution in [2.75, 3.05) is 32.2 Å². The smallest absolute Gasteiger partial charge is 0.224 e. The number of hydrogen-bond acceptors (Lipinski definition) is 5. The van der Waals surface area contributed by atoms with Crippen molar-refractivity contribution in [3.63, 3.8) is 0 Å². The standard InChI is InChI=1S/C19H25N3O3/c1-13-8-17(25-21-13)10-15-11-24-12-18(15)20-19(23)9-14-4-6-16(7-5-14)22(2)3/h4-8,15,18H,9-12H2,1-3H3,(H,20,23)/t15-,18+/m1/s1. The van der Waals surface area contributed by atoms with Crippen LogP contribution in [0.5, 0.6) is 0 Å². The molecule has 2 heterocycles. The highest BCUT2D eigenvalue weighted by molar-refractivity contribution is 5.79. The van der Waals surface area contributed by atoms with Crippen molar-refractivity contribution in [3.8, 4) is 0 Å². The Morgan fingerprint density at radius 1 is 1.28 bits per heavy atom. The Morgan fingerprint density at radius 3 is 2.68 bits per heavy atom. The molecule has 3 rings (SSSR count). The molecule has 1 N–H and O–H groups in total. The highest BCUT2D eigenvalue weighted by Gasteiger charge is 2.30. The van der Waals surface area contributed by atoms with E-state index in [2.05, 4.69) is 10.5 Å². The maximum Gasteiger partial charge on any atom is 0.224 e. The van der Waals surface area contributed by atoms with E-state index in [1.807, 2.05) is 56.3 Å². The van der Waals surface area contributed by atoms with Gasteiger partial charge in [-0.3, -0.25) is 4.79 Å². The summed E-state index contributed by atoms with van der Waals surface area (Å²) in [7, 11) is 4.00. The molecule has 1 aliphatic heterocycles. The van der Waals surface area contributed by atoms with Crippen LogP contribution in [-0.2, 0) is 22.4 Å². The molecule has 1 aromatic carbocycles. The third-order valence-corrected chi connectivity index (χ3v) is 4.50. The van der Waals surface area contributed by atoms with Crippen molar-refractivity contribution in [1.29, 1.82) is 0 Å². The number of nitrogens with one attached hydrogen (secondary N) is 1. The summed E-state index contributed by atoms with van der Waals surface area (Å²) in [5.74, 6) is 1.07. The fourth-order valence-corrected chi connectivity index (χ4v) is 3.09. The molecule has 1 saturated heterocycles. The molecular weight excluding hydrogens is 318 g/mol. The number of aromatic nitrogens is 1. The van der Waals surface area contributed by atoms with Crippen LogP contribution in [0, 0.1) is 12.8 Å². The number of hydrogen-bond donors (Lipinski definition) is 1. The number of rotatable bonds is 6. The minimum absolute atomic E-state index is 0.0129. The van der Waals surface area contributed by atoms with Gasteiger partial charge < -0.3 is 19.5 Å². The summed E-state index contributed by atoms with van der Waals surface area (Å²) in [4.78, 5) is 14.4. The molecular formula is C19H25N3O3. The molecule has 6 heteroatoms. The highest BCUT2D eigenvalue weighted by Crippen LogP contribution is 2.20. The Hall–Kier alpha value is -2.34. The van der Waals surface area contributed by atoms with Crippen molar-refractivity contribution in [2.45, 2.75) is 25.8 Å². The normalized spacial score (nSPS) is 19.8. The molecule has 25 heavy (non-hydrogen) atoms. The van der Waals surface area contributed by atoms with Gasteiger partial charge in [0, 0.05) is 38.2 Å². The number of aryl methyl sites for hydroxylation is 1. The minimum atomic E-state index is 0.0129. The first kappa shape index (κ1) is 17.5. The molecule has 0 spiro atoms. The first-order chi connectivity index (χ1) is 12.0. The number of carbonyl (C=O) groups excluding carboxylic acids is 1. The molecule has 1 aromatic heterocycles. The minimum Gasteiger partial charge on any atom is -0.379 e. The number of carbonyl (C=O) groups is 1. The number of ether oxygens (including phenoxy) is 1. The summed E-state index contributed by atoms with van der Waals surface area (Å²) in [6.07, 6.45) is 1.10. The SMILES string of the molecule is Cc1cc(C[C@@H]2COC[C@@H]2NC(=O)Cc2ccc(N(C)C)cc2)on1. The molecule has 6 nitrogen and oxygen atoms in total. The third kappa shape index (κ3) is 4.60. The molecule has 0 aliphatic carbocycles. The van der Waals surface area contributed by atoms with Crippen molar-refractivity contribution < 1.29 is 14.1 Å². The molecule has 0 bridgehead atoms. The molecule has 2 atom stereocenters. The van der Waals surface area contributed by atoms with E-state index < -0.39 is 0 Å². The molecule has 0 unspecified atom stereocenters. The lowest BCUT2D eigenvalue weighted by Gasteiger charge is -2.18. The van der Waals surface area contributed by atoms with Gasteiger partial charge in [0.05, 0.1) is 31.4 Å². The van der Waals surface area contributed by atoms with Gasteiger partial charge in [0.2, 0.25) is 5.91 Å². The van der Waals surface area contributed by atoms with Crippen LogP contribution in [0.1, 0.15) is 17.0 Å². The highest BCUT2D eigenvalue weighted by atomic mass is 16.5. The van der Waals surface area contributed by atoms with E-state index in [-0.39, 0.29) is 17.9 Å². The van der Waals surface area contributed by atoms with Crippen LogP contribution in [0.25, 0.3) is 0 Å². The second-order valence-electron chi connectivity index (χ2n) is 6.85. The zero-order valence-corrected chi connectivity index (χ0v) is 15.0. The Bertz CT molecular complexity index is 709. The monoisotopic (exact) mass is 343 g/mol. The molecule has 1 fully saturated rings.